The number of nitrogens with two attached hydrogens (primary N) is 1. The number of nitrogens with zero attached hydrogens (tertiary/aromatic N) is 2. The first-order chi connectivity index (χ1) is 6.27. The topological polar surface area (TPSA) is 62.7 Å². The van der Waals surface area contributed by atoms with E-state index in [0.29, 0.717) is 12.1 Å². The molecule has 0 amide bonds. The zero-order chi connectivity index (χ0) is 9.68. The summed E-state index contributed by atoms with van der Waals surface area (Å²) in [7, 11) is 0. The molecule has 1 aromatic rings. The Hall–Kier alpha value is -1.05. The zero-order valence-corrected chi connectivity index (χ0v) is 8.27. The fourth-order valence-corrected chi connectivity index (χ4v) is 1.67. The molecule has 0 aliphatic rings. The number of hydrogen-bond acceptors (Lipinski definition) is 4. The third kappa shape index (κ3) is 2.72. The molecule has 0 unspecified atom stereocenters. The molecule has 13 heavy (non-hydrogen) atoms. The quantitative estimate of drug-likeness (QED) is 0.735. The van der Waals surface area contributed by atoms with E-state index in [-0.39, 0.29) is 0 Å². The Balaban J connectivity index is 2.89. The Morgan fingerprint density at radius 1 is 1.62 bits per heavy atom. The van der Waals surface area contributed by atoms with Crippen LogP contribution < -0.4 is 5.73 Å². The molecule has 4 heteroatoms. The third-order valence-electron chi connectivity index (χ3n) is 1.48. The number of nitriles is 1. The summed E-state index contributed by atoms with van der Waals surface area (Å²) < 4.78 is 0. The van der Waals surface area contributed by atoms with E-state index in [9.17, 15) is 0 Å². The molecule has 0 saturated heterocycles. The van der Waals surface area contributed by atoms with Gasteiger partial charge in [0.1, 0.15) is 11.1 Å². The highest BCUT2D eigenvalue weighted by Crippen LogP contribution is 2.19. The molecular formula is C9H11N3S. The van der Waals surface area contributed by atoms with Gasteiger partial charge in [-0.05, 0) is 19.1 Å². The summed E-state index contributed by atoms with van der Waals surface area (Å²) >= 11 is 1.53. The van der Waals surface area contributed by atoms with Crippen molar-refractivity contribution in [1.29, 1.82) is 5.26 Å². The van der Waals surface area contributed by atoms with Gasteiger partial charge in [-0.3, -0.25) is 0 Å². The molecule has 1 aromatic heterocycles. The Labute approximate surface area is 82.0 Å². The van der Waals surface area contributed by atoms with Gasteiger partial charge in [-0.2, -0.15) is 5.26 Å². The second-order valence-electron chi connectivity index (χ2n) is 2.55. The normalized spacial score (nSPS) is 9.62. The van der Waals surface area contributed by atoms with E-state index in [2.05, 4.69) is 11.1 Å². The zero-order valence-electron chi connectivity index (χ0n) is 7.45. The van der Waals surface area contributed by atoms with Gasteiger partial charge in [0.25, 0.3) is 0 Å². The second-order valence-corrected chi connectivity index (χ2v) is 3.64. The predicted octanol–water partition coefficient (Wildman–Crippen LogP) is 1.31. The van der Waals surface area contributed by atoms with E-state index in [1.165, 1.54) is 11.8 Å². The van der Waals surface area contributed by atoms with Gasteiger partial charge in [0.2, 0.25) is 0 Å². The van der Waals surface area contributed by atoms with Crippen molar-refractivity contribution in [1.82, 2.24) is 4.98 Å². The van der Waals surface area contributed by atoms with E-state index in [0.717, 1.165) is 16.5 Å². The van der Waals surface area contributed by atoms with Crippen molar-refractivity contribution in [3.05, 3.63) is 23.4 Å². The molecule has 0 radical (unpaired) electrons. The predicted molar refractivity (Wildman–Crippen MR) is 53.5 cm³/mol. The van der Waals surface area contributed by atoms with Gasteiger partial charge in [0.05, 0.1) is 5.56 Å². The highest BCUT2D eigenvalue weighted by molar-refractivity contribution is 7.99. The molecule has 0 spiro atoms. The number of hydrogen-bond donors (Lipinski definition) is 1. The first kappa shape index (κ1) is 10.0. The van der Waals surface area contributed by atoms with Crippen LogP contribution in [0.4, 0.5) is 0 Å². The van der Waals surface area contributed by atoms with Crippen molar-refractivity contribution in [2.45, 2.75) is 11.9 Å². The van der Waals surface area contributed by atoms with Gasteiger partial charge in [-0.15, -0.1) is 11.8 Å². The van der Waals surface area contributed by atoms with Crippen LogP contribution in [0.2, 0.25) is 0 Å². The lowest BCUT2D eigenvalue weighted by Gasteiger charge is -2.02. The molecule has 0 saturated carbocycles. The molecule has 0 atom stereocenters. The highest BCUT2D eigenvalue weighted by Gasteiger charge is 2.03. The first-order valence-electron chi connectivity index (χ1n) is 3.98. The smallest absolute Gasteiger partial charge is 0.114 e. The summed E-state index contributed by atoms with van der Waals surface area (Å²) in [6, 6.07) is 5.74. The Morgan fingerprint density at radius 2 is 2.38 bits per heavy atom. The van der Waals surface area contributed by atoms with E-state index in [4.69, 9.17) is 11.0 Å². The molecular weight excluding hydrogens is 182 g/mol. The summed E-state index contributed by atoms with van der Waals surface area (Å²) in [5.74, 6) is 0.797. The fourth-order valence-electron chi connectivity index (χ4n) is 0.884. The minimum Gasteiger partial charge on any atom is -0.330 e. The van der Waals surface area contributed by atoms with Crippen LogP contribution >= 0.6 is 11.8 Å². The Morgan fingerprint density at radius 3 is 3.00 bits per heavy atom. The standard InChI is InChI=1S/C9H11N3S/c1-7-2-3-8(6-11)9(12-7)13-5-4-10/h2-3H,4-5,10H2,1H3. The summed E-state index contributed by atoms with van der Waals surface area (Å²) in [4.78, 5) is 4.27. The molecule has 3 nitrogen and oxygen atoms in total. The van der Waals surface area contributed by atoms with E-state index in [1.54, 1.807) is 6.07 Å². The monoisotopic (exact) mass is 193 g/mol. The SMILES string of the molecule is Cc1ccc(C#N)c(SCCN)n1. The summed E-state index contributed by atoms with van der Waals surface area (Å²) in [5.41, 5.74) is 6.93. The van der Waals surface area contributed by atoms with E-state index < -0.39 is 0 Å². The largest absolute Gasteiger partial charge is 0.330 e. The van der Waals surface area contributed by atoms with E-state index >= 15 is 0 Å². The van der Waals surface area contributed by atoms with Gasteiger partial charge >= 0.3 is 0 Å². The van der Waals surface area contributed by atoms with Crippen molar-refractivity contribution >= 4 is 11.8 Å². The fraction of sp³-hybridized carbons (Fsp3) is 0.333. The van der Waals surface area contributed by atoms with Crippen LogP contribution in [0, 0.1) is 18.3 Å². The van der Waals surface area contributed by atoms with Crippen LogP contribution in [0.25, 0.3) is 0 Å². The summed E-state index contributed by atoms with van der Waals surface area (Å²) in [6.45, 7) is 2.51. The second kappa shape index (κ2) is 4.85. The van der Waals surface area contributed by atoms with Gasteiger partial charge in [0.15, 0.2) is 0 Å². The number of rotatable bonds is 3. The number of aromatic nitrogens is 1. The van der Waals surface area contributed by atoms with Gasteiger partial charge in [-0.1, -0.05) is 0 Å². The van der Waals surface area contributed by atoms with Crippen LogP contribution in [0.3, 0.4) is 0 Å². The molecule has 0 fully saturated rings. The summed E-state index contributed by atoms with van der Waals surface area (Å²) in [6.07, 6.45) is 0. The van der Waals surface area contributed by atoms with Crippen LogP contribution in [0.15, 0.2) is 17.2 Å². The minimum atomic E-state index is 0.602. The average Bonchev–Trinajstić information content (AvgIpc) is 2.15. The molecule has 2 N–H and O–H groups in total. The van der Waals surface area contributed by atoms with Crippen molar-refractivity contribution in [3.8, 4) is 6.07 Å². The maximum atomic E-state index is 8.77. The van der Waals surface area contributed by atoms with Crippen molar-refractivity contribution in [3.63, 3.8) is 0 Å². The number of aryl methyl sites for hydroxylation is 1. The number of thioether (sulfide) groups is 1. The van der Waals surface area contributed by atoms with Crippen LogP contribution in [0.5, 0.6) is 0 Å². The lowest BCUT2D eigenvalue weighted by atomic mass is 10.3. The lowest BCUT2D eigenvalue weighted by Crippen LogP contribution is -2.02. The van der Waals surface area contributed by atoms with Crippen molar-refractivity contribution in [2.24, 2.45) is 5.73 Å². The van der Waals surface area contributed by atoms with Gasteiger partial charge in [0, 0.05) is 18.0 Å². The minimum absolute atomic E-state index is 0.602. The first-order valence-corrected chi connectivity index (χ1v) is 4.97. The van der Waals surface area contributed by atoms with Crippen LogP contribution in [-0.2, 0) is 0 Å². The van der Waals surface area contributed by atoms with Gasteiger partial charge < -0.3 is 5.73 Å². The molecule has 0 aliphatic carbocycles. The van der Waals surface area contributed by atoms with E-state index in [1.807, 2.05) is 13.0 Å². The number of pyridine rings is 1. The molecule has 68 valence electrons. The third-order valence-corrected chi connectivity index (χ3v) is 2.50. The van der Waals surface area contributed by atoms with Crippen molar-refractivity contribution < 1.29 is 0 Å². The maximum absolute atomic E-state index is 8.77. The van der Waals surface area contributed by atoms with Crippen LogP contribution in [0.1, 0.15) is 11.3 Å². The molecule has 0 aliphatic heterocycles. The van der Waals surface area contributed by atoms with Crippen LogP contribution in [-0.4, -0.2) is 17.3 Å². The average molecular weight is 193 g/mol. The molecule has 0 bridgehead atoms. The van der Waals surface area contributed by atoms with Crippen molar-refractivity contribution in [2.75, 3.05) is 12.3 Å². The molecule has 0 aromatic carbocycles. The Kier molecular flexibility index (Phi) is 3.74. The highest BCUT2D eigenvalue weighted by atomic mass is 32.2. The summed E-state index contributed by atoms with van der Waals surface area (Å²) in [5, 5.41) is 9.56. The lowest BCUT2D eigenvalue weighted by molar-refractivity contribution is 1.04. The Bertz CT molecular complexity index is 330. The molecule has 1 heterocycles. The molecule has 1 rings (SSSR count). The van der Waals surface area contributed by atoms with Gasteiger partial charge in [-0.25, -0.2) is 4.98 Å². The maximum Gasteiger partial charge on any atom is 0.114 e.